The number of nitrogens with one attached hydrogen (secondary N) is 1. The fourth-order valence-electron chi connectivity index (χ4n) is 1.79. The molecule has 2 aromatic heterocycles. The first-order valence-corrected chi connectivity index (χ1v) is 6.88. The second kappa shape index (κ2) is 7.16. The van der Waals surface area contributed by atoms with Gasteiger partial charge in [0.1, 0.15) is 5.69 Å². The summed E-state index contributed by atoms with van der Waals surface area (Å²) in [5.41, 5.74) is 0.823. The molecule has 0 atom stereocenters. The molecule has 0 amide bonds. The number of H-pyrrole nitrogens is 1. The van der Waals surface area contributed by atoms with Gasteiger partial charge in [-0.1, -0.05) is 13.0 Å². The smallest absolute Gasteiger partial charge is 0.195 e. The lowest BCUT2D eigenvalue weighted by Crippen LogP contribution is -2.05. The van der Waals surface area contributed by atoms with Gasteiger partial charge in [-0.05, 0) is 37.2 Å². The molecule has 0 aliphatic rings. The van der Waals surface area contributed by atoms with E-state index >= 15 is 0 Å². The third kappa shape index (κ3) is 3.71. The van der Waals surface area contributed by atoms with E-state index in [0.29, 0.717) is 4.77 Å². The summed E-state index contributed by atoms with van der Waals surface area (Å²) >= 11 is 5.25. The topological polar surface area (TPSA) is 55.7 Å². The van der Waals surface area contributed by atoms with Crippen molar-refractivity contribution in [2.24, 2.45) is 0 Å². The molecule has 2 rings (SSSR count). The Kier molecular flexibility index (Phi) is 5.23. The van der Waals surface area contributed by atoms with Gasteiger partial charge in [-0.15, -0.1) is 0 Å². The van der Waals surface area contributed by atoms with Crippen LogP contribution in [0.25, 0.3) is 11.5 Å². The fraction of sp³-hybridized carbons (Fsp3) is 0.462. The lowest BCUT2D eigenvalue weighted by atomic mass is 10.3. The van der Waals surface area contributed by atoms with Gasteiger partial charge in [0, 0.05) is 26.0 Å². The lowest BCUT2D eigenvalue weighted by Gasteiger charge is -2.06. The predicted octanol–water partition coefficient (Wildman–Crippen LogP) is 2.82. The van der Waals surface area contributed by atoms with E-state index in [1.807, 2.05) is 22.8 Å². The number of rotatable bonds is 7. The van der Waals surface area contributed by atoms with Crippen LogP contribution in [-0.2, 0) is 11.3 Å². The summed E-state index contributed by atoms with van der Waals surface area (Å²) < 4.78 is 8.06. The molecule has 1 N–H and O–H groups in total. The average Bonchev–Trinajstić information content (AvgIpc) is 2.81. The molecule has 0 saturated carbocycles. The van der Waals surface area contributed by atoms with Gasteiger partial charge in [0.05, 0.1) is 0 Å². The molecule has 0 bridgehead atoms. The minimum absolute atomic E-state index is 0.621. The molecule has 102 valence electrons. The maximum Gasteiger partial charge on any atom is 0.195 e. The monoisotopic (exact) mass is 278 g/mol. The zero-order valence-electron chi connectivity index (χ0n) is 11.0. The second-order valence-corrected chi connectivity index (χ2v) is 4.57. The first-order valence-electron chi connectivity index (χ1n) is 6.47. The minimum atomic E-state index is 0.621. The predicted molar refractivity (Wildman–Crippen MR) is 76.4 cm³/mol. The van der Waals surface area contributed by atoms with E-state index in [0.717, 1.165) is 44.1 Å². The van der Waals surface area contributed by atoms with E-state index in [9.17, 15) is 0 Å². The summed E-state index contributed by atoms with van der Waals surface area (Å²) in [6.45, 7) is 4.43. The molecule has 6 heteroatoms. The zero-order valence-corrected chi connectivity index (χ0v) is 11.8. The highest BCUT2D eigenvalue weighted by molar-refractivity contribution is 7.71. The second-order valence-electron chi connectivity index (χ2n) is 4.18. The number of nitrogens with zero attached hydrogens (tertiary/aromatic N) is 3. The van der Waals surface area contributed by atoms with Crippen molar-refractivity contribution in [3.63, 3.8) is 0 Å². The van der Waals surface area contributed by atoms with Crippen molar-refractivity contribution in [1.29, 1.82) is 0 Å². The summed E-state index contributed by atoms with van der Waals surface area (Å²) in [4.78, 5) is 4.30. The number of hydrogen-bond acceptors (Lipinski definition) is 4. The normalized spacial score (nSPS) is 10.8. The van der Waals surface area contributed by atoms with Crippen LogP contribution in [-0.4, -0.2) is 33.0 Å². The van der Waals surface area contributed by atoms with Crippen molar-refractivity contribution in [1.82, 2.24) is 19.7 Å². The Morgan fingerprint density at radius 1 is 1.37 bits per heavy atom. The maximum atomic E-state index is 5.47. The van der Waals surface area contributed by atoms with Gasteiger partial charge in [-0.3, -0.25) is 14.6 Å². The van der Waals surface area contributed by atoms with E-state index in [2.05, 4.69) is 22.1 Å². The Hall–Kier alpha value is -1.53. The molecular weight excluding hydrogens is 260 g/mol. The molecule has 0 fully saturated rings. The van der Waals surface area contributed by atoms with Gasteiger partial charge in [-0.25, -0.2) is 0 Å². The maximum absolute atomic E-state index is 5.47. The van der Waals surface area contributed by atoms with E-state index < -0.39 is 0 Å². The summed E-state index contributed by atoms with van der Waals surface area (Å²) in [5.74, 6) is 0.779. The van der Waals surface area contributed by atoms with Crippen LogP contribution in [0.4, 0.5) is 0 Å². The number of pyridine rings is 1. The molecule has 0 spiro atoms. The highest BCUT2D eigenvalue weighted by atomic mass is 32.1. The number of hydrogen-bond donors (Lipinski definition) is 1. The highest BCUT2D eigenvalue weighted by Crippen LogP contribution is 2.14. The van der Waals surface area contributed by atoms with Gasteiger partial charge in [0.25, 0.3) is 0 Å². The van der Waals surface area contributed by atoms with E-state index in [4.69, 9.17) is 17.0 Å². The summed E-state index contributed by atoms with van der Waals surface area (Å²) in [6, 6.07) is 5.75. The van der Waals surface area contributed by atoms with E-state index in [-0.39, 0.29) is 0 Å². The van der Waals surface area contributed by atoms with E-state index in [1.54, 1.807) is 6.20 Å². The third-order valence-electron chi connectivity index (χ3n) is 2.67. The number of aromatic nitrogens is 4. The number of ether oxygens (including phenoxy) is 1. The Labute approximate surface area is 117 Å². The molecule has 0 saturated heterocycles. The van der Waals surface area contributed by atoms with Crippen LogP contribution in [0, 0.1) is 4.77 Å². The van der Waals surface area contributed by atoms with Gasteiger partial charge < -0.3 is 4.74 Å². The molecule has 0 radical (unpaired) electrons. The highest BCUT2D eigenvalue weighted by Gasteiger charge is 2.08. The average molecular weight is 278 g/mol. The SMILES string of the molecule is CCCOCCCn1c(-c2ccccn2)n[nH]c1=S. The third-order valence-corrected chi connectivity index (χ3v) is 2.98. The molecular formula is C13H18N4OS. The van der Waals surface area contributed by atoms with E-state index in [1.165, 1.54) is 0 Å². The minimum Gasteiger partial charge on any atom is -0.381 e. The van der Waals surface area contributed by atoms with Gasteiger partial charge in [0.2, 0.25) is 0 Å². The van der Waals surface area contributed by atoms with Crippen LogP contribution in [0.2, 0.25) is 0 Å². The Balaban J connectivity index is 2.04. The van der Waals surface area contributed by atoms with Crippen LogP contribution in [0.1, 0.15) is 19.8 Å². The van der Waals surface area contributed by atoms with Crippen molar-refractivity contribution in [2.75, 3.05) is 13.2 Å². The van der Waals surface area contributed by atoms with Crippen LogP contribution < -0.4 is 0 Å². The molecule has 0 aliphatic heterocycles. The van der Waals surface area contributed by atoms with Crippen LogP contribution in [0.3, 0.4) is 0 Å². The molecule has 2 aromatic rings. The van der Waals surface area contributed by atoms with Gasteiger partial charge >= 0.3 is 0 Å². The van der Waals surface area contributed by atoms with Crippen molar-refractivity contribution in [2.45, 2.75) is 26.3 Å². The fourth-order valence-corrected chi connectivity index (χ4v) is 2.01. The summed E-state index contributed by atoms with van der Waals surface area (Å²) in [6.07, 6.45) is 3.71. The van der Waals surface area contributed by atoms with Crippen LogP contribution >= 0.6 is 12.2 Å². The molecule has 2 heterocycles. The van der Waals surface area contributed by atoms with Gasteiger partial charge in [-0.2, -0.15) is 5.10 Å². The quantitative estimate of drug-likeness (QED) is 0.625. The van der Waals surface area contributed by atoms with Crippen molar-refractivity contribution in [3.8, 4) is 11.5 Å². The van der Waals surface area contributed by atoms with Crippen molar-refractivity contribution in [3.05, 3.63) is 29.2 Å². The first kappa shape index (κ1) is 13.9. The summed E-state index contributed by atoms with van der Waals surface area (Å²) in [7, 11) is 0. The molecule has 0 unspecified atom stereocenters. The van der Waals surface area contributed by atoms with Crippen molar-refractivity contribution >= 4 is 12.2 Å². The van der Waals surface area contributed by atoms with Gasteiger partial charge in [0.15, 0.2) is 10.6 Å². The Morgan fingerprint density at radius 2 is 2.26 bits per heavy atom. The van der Waals surface area contributed by atoms with Crippen LogP contribution in [0.5, 0.6) is 0 Å². The standard InChI is InChI=1S/C13H18N4OS/c1-2-9-18-10-5-8-17-12(15-16-13(17)19)11-6-3-4-7-14-11/h3-4,6-7H,2,5,8-10H2,1H3,(H,16,19). The summed E-state index contributed by atoms with van der Waals surface area (Å²) in [5, 5.41) is 7.07. The molecule has 0 aliphatic carbocycles. The Morgan fingerprint density at radius 3 is 3.00 bits per heavy atom. The Bertz CT molecular complexity index is 549. The first-order chi connectivity index (χ1) is 9.33. The molecule has 19 heavy (non-hydrogen) atoms. The molecule has 0 aromatic carbocycles. The number of aromatic amines is 1. The lowest BCUT2D eigenvalue weighted by molar-refractivity contribution is 0.129. The van der Waals surface area contributed by atoms with Crippen LogP contribution in [0.15, 0.2) is 24.4 Å². The largest absolute Gasteiger partial charge is 0.381 e. The van der Waals surface area contributed by atoms with Crippen molar-refractivity contribution < 1.29 is 4.74 Å². The zero-order chi connectivity index (χ0) is 13.5. The molecule has 5 nitrogen and oxygen atoms in total.